The molecule has 0 spiro atoms. The number of nitrogens with one attached hydrogen (secondary N) is 1. The number of rotatable bonds is 2. The Morgan fingerprint density at radius 3 is 2.55 bits per heavy atom. The number of halogens is 1. The zero-order valence-corrected chi connectivity index (χ0v) is 12.0. The summed E-state index contributed by atoms with van der Waals surface area (Å²) in [5.41, 5.74) is 5.28. The lowest BCUT2D eigenvalue weighted by Crippen LogP contribution is -2.22. The first-order valence-electron chi connectivity index (χ1n) is 7.26. The van der Waals surface area contributed by atoms with Gasteiger partial charge in [-0.15, -0.1) is 0 Å². The molecule has 0 radical (unpaired) electrons. The van der Waals surface area contributed by atoms with Crippen LogP contribution in [0.15, 0.2) is 42.5 Å². The van der Waals surface area contributed by atoms with Gasteiger partial charge in [-0.05, 0) is 41.2 Å². The molecule has 2 aromatic carbocycles. The van der Waals surface area contributed by atoms with Crippen LogP contribution < -0.4 is 5.32 Å². The first kappa shape index (κ1) is 13.2. The zero-order valence-electron chi connectivity index (χ0n) is 12.0. The fraction of sp³-hybridized carbons (Fsp3) is 0.333. The van der Waals surface area contributed by atoms with Gasteiger partial charge in [-0.25, -0.2) is 4.39 Å². The Bertz CT molecular complexity index is 601. The van der Waals surface area contributed by atoms with Crippen LogP contribution in [-0.4, -0.2) is 6.54 Å². The van der Waals surface area contributed by atoms with E-state index in [-0.39, 0.29) is 5.82 Å². The number of hydrogen-bond donors (Lipinski definition) is 1. The first-order valence-corrected chi connectivity index (χ1v) is 7.26. The maximum Gasteiger partial charge on any atom is 0.123 e. The van der Waals surface area contributed by atoms with Crippen LogP contribution in [-0.2, 0) is 6.42 Å². The van der Waals surface area contributed by atoms with Gasteiger partial charge in [0.05, 0.1) is 0 Å². The molecule has 0 amide bonds. The zero-order chi connectivity index (χ0) is 14.1. The Morgan fingerprint density at radius 2 is 1.85 bits per heavy atom. The van der Waals surface area contributed by atoms with Crippen molar-refractivity contribution >= 4 is 5.69 Å². The fourth-order valence-electron chi connectivity index (χ4n) is 3.02. The van der Waals surface area contributed by atoms with E-state index in [2.05, 4.69) is 37.4 Å². The molecule has 0 bridgehead atoms. The van der Waals surface area contributed by atoms with E-state index >= 15 is 0 Å². The second-order valence-electron chi connectivity index (χ2n) is 5.87. The lowest BCUT2D eigenvalue weighted by Gasteiger charge is -2.29. The summed E-state index contributed by atoms with van der Waals surface area (Å²) in [5.74, 6) is 0.783. The van der Waals surface area contributed by atoms with Gasteiger partial charge >= 0.3 is 0 Å². The summed E-state index contributed by atoms with van der Waals surface area (Å²) in [5, 5.41) is 3.58. The normalized spacial score (nSPS) is 17.7. The highest BCUT2D eigenvalue weighted by molar-refractivity contribution is 5.61. The number of para-hydroxylation sites is 1. The number of fused-ring (bicyclic) bond motifs is 1. The summed E-state index contributed by atoms with van der Waals surface area (Å²) >= 11 is 0. The third kappa shape index (κ3) is 2.43. The van der Waals surface area contributed by atoms with Gasteiger partial charge in [0.2, 0.25) is 0 Å². The minimum absolute atomic E-state index is 0.167. The molecule has 1 aliphatic rings. The minimum atomic E-state index is -0.167. The van der Waals surface area contributed by atoms with E-state index < -0.39 is 0 Å². The summed E-state index contributed by atoms with van der Waals surface area (Å²) < 4.78 is 13.0. The van der Waals surface area contributed by atoms with Crippen molar-refractivity contribution < 1.29 is 4.39 Å². The fourth-order valence-corrected chi connectivity index (χ4v) is 3.02. The van der Waals surface area contributed by atoms with Crippen molar-refractivity contribution in [2.45, 2.75) is 32.1 Å². The monoisotopic (exact) mass is 269 g/mol. The molecule has 0 saturated heterocycles. The Morgan fingerprint density at radius 1 is 1.10 bits per heavy atom. The average Bonchev–Trinajstić information content (AvgIpc) is 2.46. The molecule has 0 fully saturated rings. The second kappa shape index (κ2) is 5.28. The van der Waals surface area contributed by atoms with Gasteiger partial charge in [0, 0.05) is 18.2 Å². The smallest absolute Gasteiger partial charge is 0.123 e. The van der Waals surface area contributed by atoms with Crippen molar-refractivity contribution in [3.63, 3.8) is 0 Å². The van der Waals surface area contributed by atoms with Gasteiger partial charge in [-0.1, -0.05) is 44.2 Å². The van der Waals surface area contributed by atoms with Crippen LogP contribution in [0, 0.1) is 5.82 Å². The van der Waals surface area contributed by atoms with Crippen molar-refractivity contribution in [3.05, 3.63) is 65.0 Å². The molecule has 1 aliphatic heterocycles. The van der Waals surface area contributed by atoms with Crippen molar-refractivity contribution in [2.24, 2.45) is 0 Å². The van der Waals surface area contributed by atoms with E-state index in [0.29, 0.717) is 11.8 Å². The van der Waals surface area contributed by atoms with E-state index in [1.165, 1.54) is 22.4 Å². The SMILES string of the molecule is CC(C)c1cccc2c1NCC(c1ccc(F)cc1)C2. The molecule has 0 aliphatic carbocycles. The van der Waals surface area contributed by atoms with Gasteiger partial charge in [0.1, 0.15) is 5.82 Å². The van der Waals surface area contributed by atoms with Gasteiger partial charge in [-0.2, -0.15) is 0 Å². The summed E-state index contributed by atoms with van der Waals surface area (Å²) in [6.45, 7) is 5.37. The Balaban J connectivity index is 1.89. The standard InChI is InChI=1S/C18H20FN/c1-12(2)17-5-3-4-14-10-15(11-20-18(14)17)13-6-8-16(19)9-7-13/h3-9,12,15,20H,10-11H2,1-2H3. The maximum absolute atomic E-state index is 13.0. The molecule has 1 N–H and O–H groups in total. The van der Waals surface area contributed by atoms with Crippen molar-refractivity contribution in [1.29, 1.82) is 0 Å². The number of benzene rings is 2. The van der Waals surface area contributed by atoms with Gasteiger partial charge in [-0.3, -0.25) is 0 Å². The number of anilines is 1. The highest BCUT2D eigenvalue weighted by atomic mass is 19.1. The highest BCUT2D eigenvalue weighted by Crippen LogP contribution is 2.35. The van der Waals surface area contributed by atoms with Crippen molar-refractivity contribution in [2.75, 3.05) is 11.9 Å². The first-order chi connectivity index (χ1) is 9.65. The molecule has 104 valence electrons. The molecule has 1 heterocycles. The predicted molar refractivity (Wildman–Crippen MR) is 81.9 cm³/mol. The highest BCUT2D eigenvalue weighted by Gasteiger charge is 2.22. The molecule has 2 aromatic rings. The van der Waals surface area contributed by atoms with Crippen LogP contribution in [0.4, 0.5) is 10.1 Å². The third-order valence-electron chi connectivity index (χ3n) is 4.14. The van der Waals surface area contributed by atoms with Crippen LogP contribution in [0.1, 0.15) is 42.4 Å². The largest absolute Gasteiger partial charge is 0.384 e. The molecule has 1 unspecified atom stereocenters. The quantitative estimate of drug-likeness (QED) is 0.833. The summed E-state index contributed by atoms with van der Waals surface area (Å²) in [6, 6.07) is 13.4. The molecule has 1 nitrogen and oxygen atoms in total. The van der Waals surface area contributed by atoms with Crippen LogP contribution in [0.2, 0.25) is 0 Å². The molecular weight excluding hydrogens is 249 g/mol. The molecule has 0 aromatic heterocycles. The van der Waals surface area contributed by atoms with Gasteiger partial charge in [0.25, 0.3) is 0 Å². The summed E-state index contributed by atoms with van der Waals surface area (Å²) in [7, 11) is 0. The molecular formula is C18H20FN. The van der Waals surface area contributed by atoms with E-state index in [1.807, 2.05) is 12.1 Å². The maximum atomic E-state index is 13.0. The third-order valence-corrected chi connectivity index (χ3v) is 4.14. The Kier molecular flexibility index (Phi) is 3.47. The van der Waals surface area contributed by atoms with Crippen LogP contribution in [0.25, 0.3) is 0 Å². The van der Waals surface area contributed by atoms with Crippen LogP contribution in [0.5, 0.6) is 0 Å². The van der Waals surface area contributed by atoms with Gasteiger partial charge in [0.15, 0.2) is 0 Å². The molecule has 20 heavy (non-hydrogen) atoms. The van der Waals surface area contributed by atoms with Crippen molar-refractivity contribution in [1.82, 2.24) is 0 Å². The van der Waals surface area contributed by atoms with E-state index in [4.69, 9.17) is 0 Å². The molecule has 3 rings (SSSR count). The van der Waals surface area contributed by atoms with Crippen LogP contribution >= 0.6 is 0 Å². The minimum Gasteiger partial charge on any atom is -0.384 e. The lowest BCUT2D eigenvalue weighted by molar-refractivity contribution is 0.623. The van der Waals surface area contributed by atoms with E-state index in [1.54, 1.807) is 12.1 Å². The molecule has 1 atom stereocenters. The summed E-state index contributed by atoms with van der Waals surface area (Å²) in [4.78, 5) is 0. The second-order valence-corrected chi connectivity index (χ2v) is 5.87. The predicted octanol–water partition coefficient (Wildman–Crippen LogP) is 4.70. The molecule has 0 saturated carbocycles. The van der Waals surface area contributed by atoms with Crippen LogP contribution in [0.3, 0.4) is 0 Å². The lowest BCUT2D eigenvalue weighted by atomic mass is 9.85. The Labute approximate surface area is 119 Å². The molecule has 2 heteroatoms. The summed E-state index contributed by atoms with van der Waals surface area (Å²) in [6.07, 6.45) is 1.02. The van der Waals surface area contributed by atoms with Gasteiger partial charge < -0.3 is 5.32 Å². The van der Waals surface area contributed by atoms with E-state index in [0.717, 1.165) is 13.0 Å². The number of hydrogen-bond acceptors (Lipinski definition) is 1. The topological polar surface area (TPSA) is 12.0 Å². The van der Waals surface area contributed by atoms with E-state index in [9.17, 15) is 4.39 Å². The van der Waals surface area contributed by atoms with Crippen molar-refractivity contribution in [3.8, 4) is 0 Å². The average molecular weight is 269 g/mol. The Hall–Kier alpha value is -1.83.